The summed E-state index contributed by atoms with van der Waals surface area (Å²) < 4.78 is 13.9. The van der Waals surface area contributed by atoms with E-state index in [1.807, 2.05) is 0 Å². The third-order valence-electron chi connectivity index (χ3n) is 8.44. The van der Waals surface area contributed by atoms with Gasteiger partial charge in [0.05, 0.1) is 18.7 Å². The van der Waals surface area contributed by atoms with Crippen LogP contribution in [0.15, 0.2) is 58.0 Å². The molecule has 6 rings (SSSR count). The number of benzene rings is 1. The van der Waals surface area contributed by atoms with Crippen LogP contribution in [0, 0.1) is 0 Å². The number of likely N-dealkylation sites (tertiary alicyclic amines) is 1. The molecule has 224 valence electrons. The van der Waals surface area contributed by atoms with Crippen molar-refractivity contribution in [3.63, 3.8) is 0 Å². The molecule has 0 bridgehead atoms. The molecule has 0 saturated carbocycles. The fraction of sp³-hybridized carbons (Fsp3) is 0.483. The van der Waals surface area contributed by atoms with Gasteiger partial charge in [0.25, 0.3) is 5.91 Å². The standard InChI is InChI=1S/C29H38ClN9O3/c1-18(19-5-4-6-21-20(19)8-11-39(21)14-16-42-22-7-2-3-15-41-22)38-12-9-29(10-13-38)17-33-28(37-29)36-27(40)23-25(31)35-26(32)24(30)34-23/h4-6,8,11,22,25,35H,1-3,7,9-10,12-17,31-32H2,(H2,33,36,37,40). The number of nitrogens with zero attached hydrogens (tertiary/aromatic N) is 4. The van der Waals surface area contributed by atoms with E-state index in [1.165, 1.54) is 10.9 Å². The van der Waals surface area contributed by atoms with Crippen LogP contribution in [-0.2, 0) is 20.8 Å². The van der Waals surface area contributed by atoms with Crippen LogP contribution in [0.2, 0.25) is 0 Å². The molecule has 1 aromatic carbocycles. The quantitative estimate of drug-likeness (QED) is 0.303. The maximum absolute atomic E-state index is 12.8. The maximum Gasteiger partial charge on any atom is 0.275 e. The Morgan fingerprint density at radius 2 is 2.12 bits per heavy atom. The molecule has 1 aromatic heterocycles. The normalized spacial score (nSPS) is 23.8. The molecule has 12 nitrogen and oxygen atoms in total. The summed E-state index contributed by atoms with van der Waals surface area (Å²) in [6.45, 7) is 8.85. The van der Waals surface area contributed by atoms with Gasteiger partial charge >= 0.3 is 0 Å². The Hall–Kier alpha value is -3.58. The molecule has 1 amide bonds. The molecule has 0 radical (unpaired) electrons. The number of hydrogen-bond acceptors (Lipinski definition) is 10. The average Bonchev–Trinajstić information content (AvgIpc) is 3.59. The number of fused-ring (bicyclic) bond motifs is 1. The summed E-state index contributed by atoms with van der Waals surface area (Å²) in [6, 6.07) is 8.53. The lowest BCUT2D eigenvalue weighted by Gasteiger charge is -2.41. The minimum absolute atomic E-state index is 0.00159. The predicted molar refractivity (Wildman–Crippen MR) is 163 cm³/mol. The first-order valence-electron chi connectivity index (χ1n) is 14.5. The topological polar surface area (TPSA) is 157 Å². The number of amides is 1. The predicted octanol–water partition coefficient (Wildman–Crippen LogP) is 1.72. The Labute approximate surface area is 249 Å². The van der Waals surface area contributed by atoms with Gasteiger partial charge in [0.15, 0.2) is 17.4 Å². The molecule has 5 heterocycles. The van der Waals surface area contributed by atoms with Gasteiger partial charge < -0.3 is 41.0 Å². The molecule has 7 N–H and O–H groups in total. The second-order valence-corrected chi connectivity index (χ2v) is 11.6. The number of rotatable bonds is 7. The van der Waals surface area contributed by atoms with Crippen LogP contribution in [0.3, 0.4) is 0 Å². The minimum Gasteiger partial charge on any atom is -0.383 e. The van der Waals surface area contributed by atoms with Gasteiger partial charge in [-0.2, -0.15) is 0 Å². The van der Waals surface area contributed by atoms with E-state index in [0.717, 1.165) is 69.6 Å². The zero-order valence-corrected chi connectivity index (χ0v) is 24.3. The zero-order valence-electron chi connectivity index (χ0n) is 23.6. The first-order valence-corrected chi connectivity index (χ1v) is 14.8. The fourth-order valence-electron chi connectivity index (χ4n) is 5.98. The van der Waals surface area contributed by atoms with E-state index in [4.69, 9.17) is 32.5 Å². The molecular formula is C29H38ClN9O3. The second kappa shape index (κ2) is 12.0. The third kappa shape index (κ3) is 5.84. The molecular weight excluding hydrogens is 558 g/mol. The Kier molecular flexibility index (Phi) is 8.13. The number of ether oxygens (including phenoxy) is 2. The molecule has 2 fully saturated rings. The van der Waals surface area contributed by atoms with Crippen molar-refractivity contribution in [3.05, 3.63) is 53.6 Å². The van der Waals surface area contributed by atoms with Crippen LogP contribution in [-0.4, -0.2) is 77.9 Å². The van der Waals surface area contributed by atoms with Crippen LogP contribution in [0.4, 0.5) is 0 Å². The SMILES string of the molecule is C=C(c1cccc2c1ccn2CCOC1CCCCO1)N1CCC2(CC1)CN=C(NC(=O)C1=NC(Cl)=C(N)NC1N)N2. The lowest BCUT2D eigenvalue weighted by Crippen LogP contribution is -2.58. The van der Waals surface area contributed by atoms with Crippen molar-refractivity contribution in [2.75, 3.05) is 32.8 Å². The van der Waals surface area contributed by atoms with Crippen molar-refractivity contribution >= 4 is 45.8 Å². The van der Waals surface area contributed by atoms with E-state index in [2.05, 4.69) is 72.4 Å². The summed E-state index contributed by atoms with van der Waals surface area (Å²) in [5, 5.41) is 10.1. The van der Waals surface area contributed by atoms with Crippen molar-refractivity contribution in [1.82, 2.24) is 25.4 Å². The summed E-state index contributed by atoms with van der Waals surface area (Å²) in [6.07, 6.45) is 6.12. The van der Waals surface area contributed by atoms with Crippen LogP contribution in [0.5, 0.6) is 0 Å². The van der Waals surface area contributed by atoms with E-state index in [-0.39, 0.29) is 28.5 Å². The summed E-state index contributed by atoms with van der Waals surface area (Å²) >= 11 is 5.97. The van der Waals surface area contributed by atoms with Crippen molar-refractivity contribution in [2.24, 2.45) is 21.5 Å². The Morgan fingerprint density at radius 1 is 1.29 bits per heavy atom. The Balaban J connectivity index is 1.03. The number of hydrogen-bond donors (Lipinski definition) is 5. The highest BCUT2D eigenvalue weighted by molar-refractivity contribution is 6.45. The van der Waals surface area contributed by atoms with Gasteiger partial charge in [-0.15, -0.1) is 0 Å². The van der Waals surface area contributed by atoms with Gasteiger partial charge in [-0.05, 0) is 44.2 Å². The van der Waals surface area contributed by atoms with Crippen LogP contribution in [0.25, 0.3) is 16.6 Å². The molecule has 4 aliphatic rings. The molecule has 2 atom stereocenters. The maximum atomic E-state index is 12.8. The van der Waals surface area contributed by atoms with Crippen molar-refractivity contribution in [1.29, 1.82) is 0 Å². The summed E-state index contributed by atoms with van der Waals surface area (Å²) in [4.78, 5) is 23.7. The highest BCUT2D eigenvalue weighted by Crippen LogP contribution is 2.33. The van der Waals surface area contributed by atoms with Crippen LogP contribution in [0.1, 0.15) is 37.7 Å². The first-order chi connectivity index (χ1) is 20.3. The number of nitrogens with two attached hydrogens (primary N) is 2. The van der Waals surface area contributed by atoms with Crippen LogP contribution >= 0.6 is 11.6 Å². The van der Waals surface area contributed by atoms with E-state index in [0.29, 0.717) is 19.1 Å². The van der Waals surface area contributed by atoms with Crippen molar-refractivity contribution in [3.8, 4) is 0 Å². The van der Waals surface area contributed by atoms with Gasteiger partial charge in [-0.25, -0.2) is 4.99 Å². The molecule has 42 heavy (non-hydrogen) atoms. The van der Waals surface area contributed by atoms with E-state index >= 15 is 0 Å². The number of aliphatic imine (C=N–C) groups is 2. The Bertz CT molecular complexity index is 1450. The lowest BCUT2D eigenvalue weighted by molar-refractivity contribution is -0.163. The highest BCUT2D eigenvalue weighted by Gasteiger charge is 2.40. The third-order valence-corrected chi connectivity index (χ3v) is 8.72. The largest absolute Gasteiger partial charge is 0.383 e. The minimum atomic E-state index is -0.858. The molecule has 0 aliphatic carbocycles. The number of guanidine groups is 1. The number of halogens is 1. The number of nitrogens with one attached hydrogen (secondary N) is 3. The number of aromatic nitrogens is 1. The highest BCUT2D eigenvalue weighted by atomic mass is 35.5. The number of carbonyl (C=O) groups is 1. The molecule has 13 heteroatoms. The van der Waals surface area contributed by atoms with Gasteiger partial charge in [0.2, 0.25) is 0 Å². The summed E-state index contributed by atoms with van der Waals surface area (Å²) in [5.74, 6) is 0.0581. The van der Waals surface area contributed by atoms with E-state index in [1.54, 1.807) is 0 Å². The molecule has 2 saturated heterocycles. The second-order valence-electron chi connectivity index (χ2n) is 11.2. The first kappa shape index (κ1) is 28.5. The average molecular weight is 596 g/mol. The van der Waals surface area contributed by atoms with Crippen molar-refractivity contribution < 1.29 is 14.3 Å². The number of piperidine rings is 1. The summed E-state index contributed by atoms with van der Waals surface area (Å²) in [5.41, 5.74) is 14.8. The molecule has 2 aromatic rings. The lowest BCUT2D eigenvalue weighted by atomic mass is 9.87. The zero-order chi connectivity index (χ0) is 29.3. The monoisotopic (exact) mass is 595 g/mol. The van der Waals surface area contributed by atoms with Gasteiger partial charge in [-0.1, -0.05) is 30.3 Å². The van der Waals surface area contributed by atoms with Gasteiger partial charge in [0, 0.05) is 54.6 Å². The summed E-state index contributed by atoms with van der Waals surface area (Å²) in [7, 11) is 0. The molecule has 1 spiro atoms. The van der Waals surface area contributed by atoms with Gasteiger partial charge in [-0.3, -0.25) is 15.1 Å². The van der Waals surface area contributed by atoms with Crippen LogP contribution < -0.4 is 27.4 Å². The van der Waals surface area contributed by atoms with E-state index < -0.39 is 12.1 Å². The number of carbonyl (C=O) groups excluding carboxylic acids is 1. The molecule has 2 unspecified atom stereocenters. The van der Waals surface area contributed by atoms with Gasteiger partial charge in [0.1, 0.15) is 17.7 Å². The smallest absolute Gasteiger partial charge is 0.275 e. The molecule has 4 aliphatic heterocycles. The Morgan fingerprint density at radius 3 is 2.90 bits per heavy atom. The van der Waals surface area contributed by atoms with Crippen molar-refractivity contribution in [2.45, 2.75) is 56.6 Å². The fourth-order valence-corrected chi connectivity index (χ4v) is 6.12. The van der Waals surface area contributed by atoms with E-state index in [9.17, 15) is 4.79 Å².